The lowest BCUT2D eigenvalue weighted by atomic mass is 10.0. The number of carboxylic acids is 1. The van der Waals surface area contributed by atoms with E-state index in [0.29, 0.717) is 22.6 Å². The number of aryl methyl sites for hydroxylation is 1. The summed E-state index contributed by atoms with van der Waals surface area (Å²) < 4.78 is 10.3. The lowest BCUT2D eigenvalue weighted by molar-refractivity contribution is -0.139. The number of aliphatic carboxylic acids is 1. The third kappa shape index (κ3) is 3.49. The molecule has 0 atom stereocenters. The molecule has 0 radical (unpaired) electrons. The van der Waals surface area contributed by atoms with Crippen molar-refractivity contribution in [3.05, 3.63) is 45.9 Å². The van der Waals surface area contributed by atoms with Crippen molar-refractivity contribution < 1.29 is 19.4 Å². The van der Waals surface area contributed by atoms with Crippen molar-refractivity contribution in [3.63, 3.8) is 0 Å². The minimum absolute atomic E-state index is 0.00291. The van der Waals surface area contributed by atoms with Gasteiger partial charge < -0.3 is 19.6 Å². The van der Waals surface area contributed by atoms with E-state index in [1.54, 1.807) is 25.1 Å². The Balaban J connectivity index is 2.52. The Morgan fingerprint density at radius 3 is 2.70 bits per heavy atom. The first-order valence-corrected chi connectivity index (χ1v) is 6.63. The SMILES string of the molecule is COc1cc(-c2cc(C)[nH]c(=O)c2C#N)ccc1OCC(=O)O. The molecule has 0 unspecified atom stereocenters. The fourth-order valence-electron chi connectivity index (χ4n) is 2.12. The van der Waals surface area contributed by atoms with Gasteiger partial charge in [-0.1, -0.05) is 6.07 Å². The lowest BCUT2D eigenvalue weighted by Crippen LogP contribution is -2.13. The Bertz CT molecular complexity index is 849. The van der Waals surface area contributed by atoms with Crippen LogP contribution >= 0.6 is 0 Å². The van der Waals surface area contributed by atoms with Crippen LogP contribution < -0.4 is 15.0 Å². The first-order valence-electron chi connectivity index (χ1n) is 6.63. The van der Waals surface area contributed by atoms with Gasteiger partial charge in [0.2, 0.25) is 0 Å². The average molecular weight is 314 g/mol. The maximum Gasteiger partial charge on any atom is 0.341 e. The Morgan fingerprint density at radius 2 is 2.09 bits per heavy atom. The van der Waals surface area contributed by atoms with Gasteiger partial charge in [-0.3, -0.25) is 4.79 Å². The van der Waals surface area contributed by atoms with E-state index in [0.717, 1.165) is 0 Å². The van der Waals surface area contributed by atoms with Crippen LogP contribution in [0.4, 0.5) is 0 Å². The number of nitriles is 1. The second-order valence-corrected chi connectivity index (χ2v) is 4.73. The number of rotatable bonds is 5. The van der Waals surface area contributed by atoms with Crippen LogP contribution in [0.25, 0.3) is 11.1 Å². The number of aromatic nitrogens is 1. The van der Waals surface area contributed by atoms with Gasteiger partial charge >= 0.3 is 5.97 Å². The fraction of sp³-hybridized carbons (Fsp3) is 0.188. The van der Waals surface area contributed by atoms with E-state index in [4.69, 9.17) is 14.6 Å². The molecule has 0 fully saturated rings. The maximum atomic E-state index is 11.9. The van der Waals surface area contributed by atoms with Crippen molar-refractivity contribution >= 4 is 5.97 Å². The van der Waals surface area contributed by atoms with Crippen LogP contribution in [-0.2, 0) is 4.79 Å². The highest BCUT2D eigenvalue weighted by Gasteiger charge is 2.14. The van der Waals surface area contributed by atoms with Gasteiger partial charge in [-0.2, -0.15) is 5.26 Å². The highest BCUT2D eigenvalue weighted by Crippen LogP contribution is 2.33. The van der Waals surface area contributed by atoms with Gasteiger partial charge in [0.15, 0.2) is 18.1 Å². The van der Waals surface area contributed by atoms with Crippen LogP contribution in [0.1, 0.15) is 11.3 Å². The van der Waals surface area contributed by atoms with Gasteiger partial charge in [-0.25, -0.2) is 4.79 Å². The topological polar surface area (TPSA) is 112 Å². The minimum Gasteiger partial charge on any atom is -0.493 e. The third-order valence-corrected chi connectivity index (χ3v) is 3.11. The maximum absolute atomic E-state index is 11.9. The van der Waals surface area contributed by atoms with Gasteiger partial charge in [0.25, 0.3) is 5.56 Å². The molecule has 0 aliphatic carbocycles. The van der Waals surface area contributed by atoms with E-state index in [1.807, 2.05) is 6.07 Å². The van der Waals surface area contributed by atoms with Crippen LogP contribution in [0.15, 0.2) is 29.1 Å². The largest absolute Gasteiger partial charge is 0.493 e. The molecule has 0 saturated carbocycles. The zero-order chi connectivity index (χ0) is 17.0. The van der Waals surface area contributed by atoms with Gasteiger partial charge in [0.05, 0.1) is 7.11 Å². The van der Waals surface area contributed by atoms with Crippen molar-refractivity contribution in [2.75, 3.05) is 13.7 Å². The van der Waals surface area contributed by atoms with Crippen molar-refractivity contribution in [1.29, 1.82) is 5.26 Å². The van der Waals surface area contributed by atoms with Crippen LogP contribution in [0.5, 0.6) is 11.5 Å². The molecule has 0 spiro atoms. The smallest absolute Gasteiger partial charge is 0.341 e. The third-order valence-electron chi connectivity index (χ3n) is 3.11. The summed E-state index contributed by atoms with van der Waals surface area (Å²) in [4.78, 5) is 25.0. The summed E-state index contributed by atoms with van der Waals surface area (Å²) in [6.45, 7) is 1.22. The van der Waals surface area contributed by atoms with Gasteiger partial charge in [-0.15, -0.1) is 0 Å². The standard InChI is InChI=1S/C16H14N2O5/c1-9-5-11(12(7-17)16(21)18-9)10-3-4-13(14(6-10)22-2)23-8-15(19)20/h3-6H,8H2,1-2H3,(H,18,21)(H,19,20). The highest BCUT2D eigenvalue weighted by molar-refractivity contribution is 5.73. The molecule has 0 saturated heterocycles. The molecule has 1 aromatic heterocycles. The molecule has 0 aliphatic heterocycles. The summed E-state index contributed by atoms with van der Waals surface area (Å²) >= 11 is 0. The number of carbonyl (C=O) groups is 1. The van der Waals surface area contributed by atoms with Crippen molar-refractivity contribution in [2.45, 2.75) is 6.92 Å². The molecule has 2 N–H and O–H groups in total. The molecule has 0 bridgehead atoms. The molecule has 0 amide bonds. The number of ether oxygens (including phenoxy) is 2. The lowest BCUT2D eigenvalue weighted by Gasteiger charge is -2.12. The number of nitrogens with one attached hydrogen (secondary N) is 1. The minimum atomic E-state index is -1.10. The second kappa shape index (κ2) is 6.66. The van der Waals surface area contributed by atoms with Crippen LogP contribution in [-0.4, -0.2) is 29.8 Å². The monoisotopic (exact) mass is 314 g/mol. The van der Waals surface area contributed by atoms with Gasteiger partial charge in [-0.05, 0) is 30.7 Å². The number of methoxy groups -OCH3 is 1. The summed E-state index contributed by atoms with van der Waals surface area (Å²) in [5.41, 5.74) is 1.21. The molecular weight excluding hydrogens is 300 g/mol. The van der Waals surface area contributed by atoms with E-state index in [1.165, 1.54) is 13.2 Å². The highest BCUT2D eigenvalue weighted by atomic mass is 16.5. The zero-order valence-corrected chi connectivity index (χ0v) is 12.5. The van der Waals surface area contributed by atoms with E-state index in [9.17, 15) is 14.9 Å². The van der Waals surface area contributed by atoms with Crippen molar-refractivity contribution in [3.8, 4) is 28.7 Å². The Hall–Kier alpha value is -3.27. The molecule has 1 heterocycles. The Labute approximate surface area is 131 Å². The zero-order valence-electron chi connectivity index (χ0n) is 12.5. The molecule has 7 heteroatoms. The summed E-state index contributed by atoms with van der Waals surface area (Å²) in [5, 5.41) is 17.8. The summed E-state index contributed by atoms with van der Waals surface area (Å²) in [7, 11) is 1.42. The van der Waals surface area contributed by atoms with Gasteiger partial charge in [0.1, 0.15) is 11.6 Å². The number of aromatic amines is 1. The predicted octanol–water partition coefficient (Wildman–Crippen LogP) is 1.69. The van der Waals surface area contributed by atoms with Crippen LogP contribution in [0.3, 0.4) is 0 Å². The molecule has 7 nitrogen and oxygen atoms in total. The fourth-order valence-corrected chi connectivity index (χ4v) is 2.12. The molecule has 1 aromatic carbocycles. The number of pyridine rings is 1. The van der Waals surface area contributed by atoms with Crippen molar-refractivity contribution in [2.24, 2.45) is 0 Å². The Morgan fingerprint density at radius 1 is 1.35 bits per heavy atom. The molecular formula is C16H14N2O5. The number of carboxylic acid groups (broad SMARTS) is 1. The molecule has 2 aromatic rings. The summed E-state index contributed by atoms with van der Waals surface area (Å²) in [6.07, 6.45) is 0. The number of hydrogen-bond donors (Lipinski definition) is 2. The molecule has 118 valence electrons. The molecule has 0 aliphatic rings. The normalized spacial score (nSPS) is 9.96. The number of hydrogen-bond acceptors (Lipinski definition) is 5. The second-order valence-electron chi connectivity index (χ2n) is 4.73. The number of benzene rings is 1. The predicted molar refractivity (Wildman–Crippen MR) is 81.6 cm³/mol. The van der Waals surface area contributed by atoms with E-state index < -0.39 is 18.1 Å². The number of H-pyrrole nitrogens is 1. The van der Waals surface area contributed by atoms with Crippen LogP contribution in [0.2, 0.25) is 0 Å². The van der Waals surface area contributed by atoms with Crippen LogP contribution in [0, 0.1) is 18.3 Å². The number of nitrogens with zero attached hydrogens (tertiary/aromatic N) is 1. The quantitative estimate of drug-likeness (QED) is 0.868. The molecule has 2 rings (SSSR count). The molecule has 23 heavy (non-hydrogen) atoms. The van der Waals surface area contributed by atoms with Crippen molar-refractivity contribution in [1.82, 2.24) is 4.98 Å². The van der Waals surface area contributed by atoms with E-state index in [2.05, 4.69) is 4.98 Å². The summed E-state index contributed by atoms with van der Waals surface area (Å²) in [5.74, 6) is -0.530. The van der Waals surface area contributed by atoms with E-state index in [-0.39, 0.29) is 11.3 Å². The van der Waals surface area contributed by atoms with Gasteiger partial charge in [0, 0.05) is 11.3 Å². The first-order chi connectivity index (χ1) is 11.0. The average Bonchev–Trinajstić information content (AvgIpc) is 2.52. The van der Waals surface area contributed by atoms with E-state index >= 15 is 0 Å². The summed E-state index contributed by atoms with van der Waals surface area (Å²) in [6, 6.07) is 8.33. The first kappa shape index (κ1) is 16.1. The Kier molecular flexibility index (Phi) is 4.66.